The third kappa shape index (κ3) is 3.39. The van der Waals surface area contributed by atoms with Gasteiger partial charge in [0.25, 0.3) is 0 Å². The van der Waals surface area contributed by atoms with Crippen LogP contribution >= 0.6 is 11.6 Å². The van der Waals surface area contributed by atoms with Crippen molar-refractivity contribution in [2.45, 2.75) is 19.4 Å². The van der Waals surface area contributed by atoms with Crippen LogP contribution in [0.1, 0.15) is 12.5 Å². The molecule has 0 saturated carbocycles. The normalized spacial score (nSPS) is 12.0. The highest BCUT2D eigenvalue weighted by Gasteiger charge is 2.14. The number of rotatable bonds is 5. The maximum Gasteiger partial charge on any atom is 0.151 e. The number of hydrogen-bond acceptors (Lipinski definition) is 4. The minimum atomic E-state index is 0.266. The number of benzene rings is 1. The van der Waals surface area contributed by atoms with E-state index in [0.717, 1.165) is 18.0 Å². The molecular formula is C15H18ClN3O. The van der Waals surface area contributed by atoms with Crippen LogP contribution < -0.4 is 9.64 Å². The van der Waals surface area contributed by atoms with Crippen LogP contribution in [-0.4, -0.2) is 30.4 Å². The fraction of sp³-hybridized carbons (Fsp3) is 0.333. The van der Waals surface area contributed by atoms with E-state index in [1.165, 1.54) is 5.56 Å². The SMILES string of the molecule is COc1ccccc1CC(C)N(C)c1ccc(Cl)nn1. The molecule has 0 spiro atoms. The van der Waals surface area contributed by atoms with E-state index in [9.17, 15) is 0 Å². The molecule has 5 heteroatoms. The molecule has 0 fully saturated rings. The molecule has 0 aliphatic rings. The van der Waals surface area contributed by atoms with Gasteiger partial charge in [0.1, 0.15) is 5.75 Å². The second-order valence-corrected chi connectivity index (χ2v) is 5.08. The van der Waals surface area contributed by atoms with Crippen molar-refractivity contribution in [1.82, 2.24) is 10.2 Å². The summed E-state index contributed by atoms with van der Waals surface area (Å²) in [6.07, 6.45) is 0.866. The summed E-state index contributed by atoms with van der Waals surface area (Å²) in [5.41, 5.74) is 1.18. The molecule has 0 N–H and O–H groups in total. The van der Waals surface area contributed by atoms with E-state index in [1.54, 1.807) is 13.2 Å². The van der Waals surface area contributed by atoms with Crippen LogP contribution in [0.2, 0.25) is 5.15 Å². The van der Waals surface area contributed by atoms with Crippen LogP contribution in [0.3, 0.4) is 0 Å². The third-order valence-electron chi connectivity index (χ3n) is 3.35. The molecule has 106 valence electrons. The number of halogens is 1. The van der Waals surface area contributed by atoms with Crippen molar-refractivity contribution in [3.05, 3.63) is 47.1 Å². The molecule has 1 unspecified atom stereocenters. The molecule has 0 bridgehead atoms. The number of anilines is 1. The molecule has 0 saturated heterocycles. The van der Waals surface area contributed by atoms with Crippen molar-refractivity contribution >= 4 is 17.4 Å². The fourth-order valence-corrected chi connectivity index (χ4v) is 2.15. The van der Waals surface area contributed by atoms with Crippen LogP contribution in [-0.2, 0) is 6.42 Å². The predicted molar refractivity (Wildman–Crippen MR) is 81.6 cm³/mol. The smallest absolute Gasteiger partial charge is 0.151 e. The highest BCUT2D eigenvalue weighted by molar-refractivity contribution is 6.29. The molecule has 0 aliphatic heterocycles. The van der Waals surface area contributed by atoms with Gasteiger partial charge in [-0.15, -0.1) is 10.2 Å². The molecule has 1 heterocycles. The first-order chi connectivity index (χ1) is 9.61. The highest BCUT2D eigenvalue weighted by atomic mass is 35.5. The van der Waals surface area contributed by atoms with Crippen LogP contribution in [0.5, 0.6) is 5.75 Å². The summed E-state index contributed by atoms with van der Waals surface area (Å²) in [7, 11) is 3.69. The minimum absolute atomic E-state index is 0.266. The summed E-state index contributed by atoms with van der Waals surface area (Å²) in [5, 5.41) is 8.37. The van der Waals surface area contributed by atoms with Gasteiger partial charge in [0.2, 0.25) is 0 Å². The van der Waals surface area contributed by atoms with E-state index in [2.05, 4.69) is 28.1 Å². The van der Waals surface area contributed by atoms with Gasteiger partial charge in [-0.05, 0) is 37.1 Å². The van der Waals surface area contributed by atoms with Gasteiger partial charge in [0.15, 0.2) is 11.0 Å². The Morgan fingerprint density at radius 1 is 1.20 bits per heavy atom. The molecule has 1 aromatic carbocycles. The zero-order chi connectivity index (χ0) is 14.5. The van der Waals surface area contributed by atoms with Crippen molar-refractivity contribution in [1.29, 1.82) is 0 Å². The highest BCUT2D eigenvalue weighted by Crippen LogP contribution is 2.22. The van der Waals surface area contributed by atoms with Gasteiger partial charge in [-0.25, -0.2) is 0 Å². The number of likely N-dealkylation sites (N-methyl/N-ethyl adjacent to an activating group) is 1. The Morgan fingerprint density at radius 3 is 2.60 bits per heavy atom. The fourth-order valence-electron chi connectivity index (χ4n) is 2.05. The quantitative estimate of drug-likeness (QED) is 0.848. The van der Waals surface area contributed by atoms with Gasteiger partial charge in [-0.1, -0.05) is 29.8 Å². The van der Waals surface area contributed by atoms with Gasteiger partial charge in [-0.3, -0.25) is 0 Å². The van der Waals surface area contributed by atoms with Crippen LogP contribution in [0.25, 0.3) is 0 Å². The Hall–Kier alpha value is -1.81. The standard InChI is InChI=1S/C15H18ClN3O/c1-11(10-12-6-4-5-7-13(12)20-3)19(2)15-9-8-14(16)17-18-15/h4-9,11H,10H2,1-3H3. The summed E-state index contributed by atoms with van der Waals surface area (Å²) < 4.78 is 5.38. The summed E-state index contributed by atoms with van der Waals surface area (Å²) in [6, 6.07) is 11.9. The molecule has 0 amide bonds. The number of hydrogen-bond donors (Lipinski definition) is 0. The number of para-hydroxylation sites is 1. The van der Waals surface area contributed by atoms with E-state index in [1.807, 2.05) is 31.3 Å². The molecule has 1 atom stereocenters. The lowest BCUT2D eigenvalue weighted by molar-refractivity contribution is 0.408. The van der Waals surface area contributed by atoms with Gasteiger partial charge < -0.3 is 9.64 Å². The minimum Gasteiger partial charge on any atom is -0.496 e. The number of methoxy groups -OCH3 is 1. The largest absolute Gasteiger partial charge is 0.496 e. The monoisotopic (exact) mass is 291 g/mol. The first-order valence-corrected chi connectivity index (χ1v) is 6.83. The van der Waals surface area contributed by atoms with Crippen LogP contribution in [0, 0.1) is 0 Å². The molecule has 1 aromatic heterocycles. The zero-order valence-electron chi connectivity index (χ0n) is 11.9. The maximum absolute atomic E-state index is 5.76. The van der Waals surface area contributed by atoms with Crippen molar-refractivity contribution < 1.29 is 4.74 Å². The second kappa shape index (κ2) is 6.57. The van der Waals surface area contributed by atoms with Gasteiger partial charge in [-0.2, -0.15) is 0 Å². The number of aromatic nitrogens is 2. The first-order valence-electron chi connectivity index (χ1n) is 6.45. The van der Waals surface area contributed by atoms with Crippen molar-refractivity contribution in [3.63, 3.8) is 0 Å². The molecular weight excluding hydrogens is 274 g/mol. The van der Waals surface area contributed by atoms with Gasteiger partial charge >= 0.3 is 0 Å². The predicted octanol–water partition coefficient (Wildman–Crippen LogP) is 3.21. The lowest BCUT2D eigenvalue weighted by Gasteiger charge is -2.26. The molecule has 0 radical (unpaired) electrons. The Morgan fingerprint density at radius 2 is 1.95 bits per heavy atom. The molecule has 0 aliphatic carbocycles. The van der Waals surface area contributed by atoms with Crippen molar-refractivity contribution in [2.75, 3.05) is 19.1 Å². The second-order valence-electron chi connectivity index (χ2n) is 4.69. The Kier molecular flexibility index (Phi) is 4.79. The van der Waals surface area contributed by atoms with Gasteiger partial charge in [0, 0.05) is 13.1 Å². The summed E-state index contributed by atoms with van der Waals surface area (Å²) in [5.74, 6) is 1.71. The van der Waals surface area contributed by atoms with E-state index < -0.39 is 0 Å². The zero-order valence-corrected chi connectivity index (χ0v) is 12.6. The summed E-state index contributed by atoms with van der Waals surface area (Å²) >= 11 is 5.76. The maximum atomic E-state index is 5.76. The van der Waals surface area contributed by atoms with Gasteiger partial charge in [0.05, 0.1) is 7.11 Å². The third-order valence-corrected chi connectivity index (χ3v) is 3.55. The van der Waals surface area contributed by atoms with Crippen molar-refractivity contribution in [3.8, 4) is 5.75 Å². The van der Waals surface area contributed by atoms with E-state index in [0.29, 0.717) is 5.15 Å². The van der Waals surface area contributed by atoms with E-state index in [4.69, 9.17) is 16.3 Å². The summed E-state index contributed by atoms with van der Waals surface area (Å²) in [6.45, 7) is 2.14. The Bertz CT molecular complexity index is 559. The van der Waals surface area contributed by atoms with Crippen LogP contribution in [0.15, 0.2) is 36.4 Å². The molecule has 2 rings (SSSR count). The van der Waals surface area contributed by atoms with E-state index in [-0.39, 0.29) is 6.04 Å². The average molecular weight is 292 g/mol. The van der Waals surface area contributed by atoms with Crippen molar-refractivity contribution in [2.24, 2.45) is 0 Å². The number of ether oxygens (including phenoxy) is 1. The summed E-state index contributed by atoms with van der Waals surface area (Å²) in [4.78, 5) is 2.08. The average Bonchev–Trinajstić information content (AvgIpc) is 2.48. The lowest BCUT2D eigenvalue weighted by atomic mass is 10.1. The lowest BCUT2D eigenvalue weighted by Crippen LogP contribution is -2.31. The topological polar surface area (TPSA) is 38.2 Å². The molecule has 4 nitrogen and oxygen atoms in total. The van der Waals surface area contributed by atoms with Crippen LogP contribution in [0.4, 0.5) is 5.82 Å². The number of nitrogens with zero attached hydrogens (tertiary/aromatic N) is 3. The Labute approximate surface area is 124 Å². The molecule has 20 heavy (non-hydrogen) atoms. The van der Waals surface area contributed by atoms with E-state index >= 15 is 0 Å². The molecule has 2 aromatic rings. The first kappa shape index (κ1) is 14.6. The Balaban J connectivity index is 2.11.